The first-order valence-corrected chi connectivity index (χ1v) is 7.32. The highest BCUT2D eigenvalue weighted by Crippen LogP contribution is 2.34. The van der Waals surface area contributed by atoms with Gasteiger partial charge in [-0.25, -0.2) is 0 Å². The van der Waals surface area contributed by atoms with Crippen molar-refractivity contribution < 1.29 is 0 Å². The van der Waals surface area contributed by atoms with Gasteiger partial charge < -0.3 is 5.32 Å². The Bertz CT molecular complexity index is 274. The zero-order valence-corrected chi connectivity index (χ0v) is 10.6. The van der Waals surface area contributed by atoms with Crippen LogP contribution in [0.25, 0.3) is 0 Å². The SMILES string of the molecule is CCNC1CCCCC1Sc1nncs1. The van der Waals surface area contributed by atoms with E-state index in [1.807, 2.05) is 17.3 Å². The monoisotopic (exact) mass is 243 g/mol. The van der Waals surface area contributed by atoms with Crippen LogP contribution in [0.1, 0.15) is 32.6 Å². The van der Waals surface area contributed by atoms with Crippen molar-refractivity contribution in [3.63, 3.8) is 0 Å². The van der Waals surface area contributed by atoms with Crippen LogP contribution in [-0.4, -0.2) is 28.0 Å². The summed E-state index contributed by atoms with van der Waals surface area (Å²) in [4.78, 5) is 0. The lowest BCUT2D eigenvalue weighted by Crippen LogP contribution is -2.40. The van der Waals surface area contributed by atoms with Crippen LogP contribution in [0.15, 0.2) is 9.85 Å². The highest BCUT2D eigenvalue weighted by atomic mass is 32.2. The fourth-order valence-corrected chi connectivity index (χ4v) is 4.11. The van der Waals surface area contributed by atoms with Crippen molar-refractivity contribution in [1.82, 2.24) is 15.5 Å². The van der Waals surface area contributed by atoms with Gasteiger partial charge in [-0.3, -0.25) is 0 Å². The van der Waals surface area contributed by atoms with E-state index in [9.17, 15) is 0 Å². The van der Waals surface area contributed by atoms with E-state index in [4.69, 9.17) is 0 Å². The molecular weight excluding hydrogens is 226 g/mol. The Balaban J connectivity index is 1.92. The Hall–Kier alpha value is -0.130. The maximum absolute atomic E-state index is 4.11. The quantitative estimate of drug-likeness (QED) is 0.882. The molecule has 0 radical (unpaired) electrons. The van der Waals surface area contributed by atoms with Crippen molar-refractivity contribution in [3.05, 3.63) is 5.51 Å². The molecule has 84 valence electrons. The van der Waals surface area contributed by atoms with Crippen LogP contribution >= 0.6 is 23.1 Å². The van der Waals surface area contributed by atoms with E-state index in [0.717, 1.165) is 10.9 Å². The first kappa shape index (κ1) is 11.4. The number of nitrogens with one attached hydrogen (secondary N) is 1. The Morgan fingerprint density at radius 3 is 3.13 bits per heavy atom. The summed E-state index contributed by atoms with van der Waals surface area (Å²) < 4.78 is 1.12. The third kappa shape index (κ3) is 3.16. The van der Waals surface area contributed by atoms with E-state index in [-0.39, 0.29) is 0 Å². The molecule has 2 unspecified atom stereocenters. The molecule has 1 aliphatic carbocycles. The summed E-state index contributed by atoms with van der Waals surface area (Å²) >= 11 is 3.55. The van der Waals surface area contributed by atoms with Gasteiger partial charge in [-0.15, -0.1) is 10.2 Å². The molecule has 2 atom stereocenters. The molecule has 1 saturated carbocycles. The third-order valence-corrected chi connectivity index (χ3v) is 4.97. The Kier molecular flexibility index (Phi) is 4.41. The lowest BCUT2D eigenvalue weighted by Gasteiger charge is -2.30. The van der Waals surface area contributed by atoms with Gasteiger partial charge in [-0.2, -0.15) is 0 Å². The summed E-state index contributed by atoms with van der Waals surface area (Å²) in [6.07, 6.45) is 5.34. The second-order valence-electron chi connectivity index (χ2n) is 3.81. The summed E-state index contributed by atoms with van der Waals surface area (Å²) in [5, 5.41) is 12.3. The third-order valence-electron chi connectivity index (χ3n) is 2.76. The lowest BCUT2D eigenvalue weighted by molar-refractivity contribution is 0.391. The molecule has 0 saturated heterocycles. The molecule has 5 heteroatoms. The molecule has 3 nitrogen and oxygen atoms in total. The maximum atomic E-state index is 4.11. The number of hydrogen-bond acceptors (Lipinski definition) is 5. The van der Waals surface area contributed by atoms with E-state index in [2.05, 4.69) is 22.4 Å². The van der Waals surface area contributed by atoms with Gasteiger partial charge in [0.1, 0.15) is 5.51 Å². The molecule has 0 spiro atoms. The number of hydrogen-bond donors (Lipinski definition) is 1. The first-order chi connectivity index (χ1) is 7.40. The summed E-state index contributed by atoms with van der Waals surface area (Å²) in [6, 6.07) is 0.664. The molecule has 1 N–H and O–H groups in total. The lowest BCUT2D eigenvalue weighted by atomic mass is 9.95. The Morgan fingerprint density at radius 1 is 1.53 bits per heavy atom. The summed E-state index contributed by atoms with van der Waals surface area (Å²) in [6.45, 7) is 3.25. The minimum Gasteiger partial charge on any atom is -0.313 e. The maximum Gasteiger partial charge on any atom is 0.174 e. The zero-order valence-electron chi connectivity index (χ0n) is 8.98. The minimum atomic E-state index is 0.664. The molecule has 1 heterocycles. The Morgan fingerprint density at radius 2 is 2.40 bits per heavy atom. The van der Waals surface area contributed by atoms with Gasteiger partial charge in [0.15, 0.2) is 4.34 Å². The highest BCUT2D eigenvalue weighted by molar-refractivity contribution is 8.01. The van der Waals surface area contributed by atoms with Crippen molar-refractivity contribution in [2.45, 2.75) is 48.2 Å². The molecular formula is C10H17N3S2. The molecule has 0 aliphatic heterocycles. The molecule has 0 bridgehead atoms. The fraction of sp³-hybridized carbons (Fsp3) is 0.800. The van der Waals surface area contributed by atoms with Crippen molar-refractivity contribution >= 4 is 23.1 Å². The molecule has 2 rings (SSSR count). The standard InChI is InChI=1S/C10H17N3S2/c1-2-11-8-5-3-4-6-9(8)15-10-13-12-7-14-10/h7-9,11H,2-6H2,1H3. The molecule has 0 aromatic carbocycles. The van der Waals surface area contributed by atoms with E-state index in [0.29, 0.717) is 11.3 Å². The van der Waals surface area contributed by atoms with Crippen LogP contribution < -0.4 is 5.32 Å². The van der Waals surface area contributed by atoms with Crippen molar-refractivity contribution in [3.8, 4) is 0 Å². The summed E-state index contributed by atoms with van der Waals surface area (Å²) in [5.74, 6) is 0. The van der Waals surface area contributed by atoms with E-state index < -0.39 is 0 Å². The van der Waals surface area contributed by atoms with Gasteiger partial charge in [-0.05, 0) is 19.4 Å². The largest absolute Gasteiger partial charge is 0.313 e. The molecule has 1 aromatic heterocycles. The van der Waals surface area contributed by atoms with Gasteiger partial charge in [0.05, 0.1) is 0 Å². The average molecular weight is 243 g/mol. The van der Waals surface area contributed by atoms with Gasteiger partial charge in [0.25, 0.3) is 0 Å². The predicted octanol–water partition coefficient (Wildman–Crippen LogP) is 2.55. The van der Waals surface area contributed by atoms with Crippen LogP contribution in [0.4, 0.5) is 0 Å². The highest BCUT2D eigenvalue weighted by Gasteiger charge is 2.25. The normalized spacial score (nSPS) is 26.7. The summed E-state index contributed by atoms with van der Waals surface area (Å²) in [5.41, 5.74) is 1.81. The number of thioether (sulfide) groups is 1. The number of rotatable bonds is 4. The van der Waals surface area contributed by atoms with Crippen molar-refractivity contribution in [2.24, 2.45) is 0 Å². The van der Waals surface area contributed by atoms with Gasteiger partial charge in [-0.1, -0.05) is 42.9 Å². The molecule has 1 fully saturated rings. The van der Waals surface area contributed by atoms with Crippen LogP contribution in [-0.2, 0) is 0 Å². The van der Waals surface area contributed by atoms with Crippen molar-refractivity contribution in [1.29, 1.82) is 0 Å². The Labute approximate surface area is 99.1 Å². The number of aromatic nitrogens is 2. The first-order valence-electron chi connectivity index (χ1n) is 5.56. The van der Waals surface area contributed by atoms with Crippen LogP contribution in [0.5, 0.6) is 0 Å². The minimum absolute atomic E-state index is 0.664. The second-order valence-corrected chi connectivity index (χ2v) is 6.13. The molecule has 1 aliphatic rings. The van der Waals surface area contributed by atoms with Crippen LogP contribution in [0.2, 0.25) is 0 Å². The van der Waals surface area contributed by atoms with Crippen LogP contribution in [0, 0.1) is 0 Å². The van der Waals surface area contributed by atoms with Gasteiger partial charge in [0, 0.05) is 11.3 Å². The molecule has 1 aromatic rings. The summed E-state index contributed by atoms with van der Waals surface area (Å²) in [7, 11) is 0. The fourth-order valence-electron chi connectivity index (χ4n) is 2.08. The predicted molar refractivity (Wildman–Crippen MR) is 65.5 cm³/mol. The number of nitrogens with zero attached hydrogens (tertiary/aromatic N) is 2. The van der Waals surface area contributed by atoms with Crippen molar-refractivity contribution in [2.75, 3.05) is 6.54 Å². The second kappa shape index (κ2) is 5.82. The van der Waals surface area contributed by atoms with Gasteiger partial charge in [0.2, 0.25) is 0 Å². The zero-order chi connectivity index (χ0) is 10.5. The van der Waals surface area contributed by atoms with E-state index >= 15 is 0 Å². The average Bonchev–Trinajstić information content (AvgIpc) is 2.74. The van der Waals surface area contributed by atoms with Crippen LogP contribution in [0.3, 0.4) is 0 Å². The van der Waals surface area contributed by atoms with Gasteiger partial charge >= 0.3 is 0 Å². The topological polar surface area (TPSA) is 37.8 Å². The smallest absolute Gasteiger partial charge is 0.174 e. The van der Waals surface area contributed by atoms with E-state index in [1.165, 1.54) is 25.7 Å². The molecule has 0 amide bonds. The van der Waals surface area contributed by atoms with E-state index in [1.54, 1.807) is 11.3 Å². The molecule has 15 heavy (non-hydrogen) atoms.